The predicted molar refractivity (Wildman–Crippen MR) is 61.7 cm³/mol. The highest BCUT2D eigenvalue weighted by molar-refractivity contribution is 5.97. The highest BCUT2D eigenvalue weighted by Gasteiger charge is 2.22. The van der Waals surface area contributed by atoms with E-state index in [1.807, 2.05) is 20.8 Å². The van der Waals surface area contributed by atoms with E-state index in [9.17, 15) is 4.79 Å². The highest BCUT2D eigenvalue weighted by atomic mass is 16.3. The van der Waals surface area contributed by atoms with Gasteiger partial charge in [0.15, 0.2) is 0 Å². The molecule has 0 aromatic carbocycles. The van der Waals surface area contributed by atoms with Gasteiger partial charge in [-0.25, -0.2) is 0 Å². The molecule has 1 fully saturated rings. The molecule has 1 unspecified atom stereocenters. The van der Waals surface area contributed by atoms with Crippen molar-refractivity contribution in [1.29, 1.82) is 0 Å². The topological polar surface area (TPSA) is 54.3 Å². The molecule has 1 aliphatic heterocycles. The normalized spacial score (nSPS) is 20.1. The summed E-state index contributed by atoms with van der Waals surface area (Å²) in [6.07, 6.45) is 1.00. The summed E-state index contributed by atoms with van der Waals surface area (Å²) in [4.78, 5) is 12.1. The van der Waals surface area contributed by atoms with Gasteiger partial charge in [0.2, 0.25) is 0 Å². The van der Waals surface area contributed by atoms with Crippen LogP contribution in [0.4, 0.5) is 0 Å². The summed E-state index contributed by atoms with van der Waals surface area (Å²) < 4.78 is 5.45. The zero-order valence-corrected chi connectivity index (χ0v) is 10.0. The molecule has 4 heteroatoms. The number of rotatable bonds is 2. The molecule has 0 spiro atoms. The van der Waals surface area contributed by atoms with Crippen LogP contribution in [0.3, 0.4) is 0 Å². The number of furan rings is 1. The average Bonchev–Trinajstić information content (AvgIpc) is 2.77. The van der Waals surface area contributed by atoms with Crippen LogP contribution in [0.1, 0.15) is 33.9 Å². The van der Waals surface area contributed by atoms with Crippen LogP contribution in [0.15, 0.2) is 4.42 Å². The number of nitrogens with one attached hydrogen (secondary N) is 2. The molecule has 1 saturated heterocycles. The summed E-state index contributed by atoms with van der Waals surface area (Å²) in [7, 11) is 0. The van der Waals surface area contributed by atoms with Crippen molar-refractivity contribution in [2.24, 2.45) is 0 Å². The number of carbonyl (C=O) groups excluding carboxylic acids is 1. The molecule has 0 saturated carbocycles. The first-order valence-corrected chi connectivity index (χ1v) is 5.67. The Hall–Kier alpha value is -1.29. The van der Waals surface area contributed by atoms with Crippen LogP contribution < -0.4 is 10.6 Å². The summed E-state index contributed by atoms with van der Waals surface area (Å²) in [5, 5.41) is 6.25. The lowest BCUT2D eigenvalue weighted by Crippen LogP contribution is -2.36. The second-order valence-corrected chi connectivity index (χ2v) is 4.38. The van der Waals surface area contributed by atoms with Gasteiger partial charge in [-0.05, 0) is 33.7 Å². The minimum atomic E-state index is -0.0134. The molecule has 1 amide bonds. The maximum atomic E-state index is 12.1. The van der Waals surface area contributed by atoms with E-state index in [-0.39, 0.29) is 11.9 Å². The molecule has 1 aliphatic rings. The van der Waals surface area contributed by atoms with Crippen LogP contribution in [0.5, 0.6) is 0 Å². The van der Waals surface area contributed by atoms with Crippen LogP contribution in [0.25, 0.3) is 0 Å². The van der Waals surface area contributed by atoms with Gasteiger partial charge in [0.05, 0.1) is 5.56 Å². The first-order chi connectivity index (χ1) is 7.59. The van der Waals surface area contributed by atoms with E-state index in [2.05, 4.69) is 10.6 Å². The van der Waals surface area contributed by atoms with Gasteiger partial charge in [-0.15, -0.1) is 0 Å². The summed E-state index contributed by atoms with van der Waals surface area (Å²) in [5.41, 5.74) is 1.64. The number of hydrogen-bond donors (Lipinski definition) is 2. The summed E-state index contributed by atoms with van der Waals surface area (Å²) in [6, 6.07) is 0.251. The molecular weight excluding hydrogens is 204 g/mol. The van der Waals surface area contributed by atoms with Gasteiger partial charge in [0.1, 0.15) is 11.5 Å². The number of amides is 1. The van der Waals surface area contributed by atoms with E-state index in [0.717, 1.165) is 30.8 Å². The summed E-state index contributed by atoms with van der Waals surface area (Å²) in [6.45, 7) is 7.49. The lowest BCUT2D eigenvalue weighted by atomic mass is 10.1. The van der Waals surface area contributed by atoms with E-state index in [4.69, 9.17) is 4.42 Å². The van der Waals surface area contributed by atoms with Gasteiger partial charge in [0, 0.05) is 18.2 Å². The SMILES string of the molecule is Cc1oc(C)c(C(=O)NC2CCNC2)c1C. The van der Waals surface area contributed by atoms with Gasteiger partial charge >= 0.3 is 0 Å². The van der Waals surface area contributed by atoms with Crippen molar-refractivity contribution < 1.29 is 9.21 Å². The maximum absolute atomic E-state index is 12.1. The van der Waals surface area contributed by atoms with Crippen molar-refractivity contribution in [3.63, 3.8) is 0 Å². The zero-order chi connectivity index (χ0) is 11.7. The molecule has 1 aromatic rings. The predicted octanol–water partition coefficient (Wildman–Crippen LogP) is 1.30. The zero-order valence-electron chi connectivity index (χ0n) is 10.0. The quantitative estimate of drug-likeness (QED) is 0.793. The molecule has 2 rings (SSSR count). The molecular formula is C12H18N2O2. The minimum absolute atomic E-state index is 0.0134. The monoisotopic (exact) mass is 222 g/mol. The Kier molecular flexibility index (Phi) is 3.01. The lowest BCUT2D eigenvalue weighted by Gasteiger charge is -2.11. The second kappa shape index (κ2) is 4.29. The molecule has 2 heterocycles. The Morgan fingerprint density at radius 1 is 1.38 bits per heavy atom. The summed E-state index contributed by atoms with van der Waals surface area (Å²) >= 11 is 0. The average molecular weight is 222 g/mol. The maximum Gasteiger partial charge on any atom is 0.255 e. The van der Waals surface area contributed by atoms with Crippen molar-refractivity contribution in [3.8, 4) is 0 Å². The molecule has 4 nitrogen and oxygen atoms in total. The van der Waals surface area contributed by atoms with Crippen LogP contribution in [-0.2, 0) is 0 Å². The van der Waals surface area contributed by atoms with Crippen molar-refractivity contribution in [2.45, 2.75) is 33.2 Å². The summed E-state index contributed by atoms with van der Waals surface area (Å²) in [5.74, 6) is 1.52. The fourth-order valence-corrected chi connectivity index (χ4v) is 2.16. The molecule has 1 atom stereocenters. The largest absolute Gasteiger partial charge is 0.466 e. The van der Waals surface area contributed by atoms with Crippen LogP contribution in [0.2, 0.25) is 0 Å². The molecule has 2 N–H and O–H groups in total. The van der Waals surface area contributed by atoms with Gasteiger partial charge in [-0.3, -0.25) is 4.79 Å². The Labute approximate surface area is 95.4 Å². The van der Waals surface area contributed by atoms with Crippen molar-refractivity contribution in [3.05, 3.63) is 22.6 Å². The van der Waals surface area contributed by atoms with E-state index >= 15 is 0 Å². The Balaban J connectivity index is 2.13. The van der Waals surface area contributed by atoms with E-state index in [1.165, 1.54) is 0 Å². The van der Waals surface area contributed by atoms with Crippen molar-refractivity contribution in [1.82, 2.24) is 10.6 Å². The van der Waals surface area contributed by atoms with Crippen LogP contribution >= 0.6 is 0 Å². The number of aryl methyl sites for hydroxylation is 2. The smallest absolute Gasteiger partial charge is 0.255 e. The third kappa shape index (κ3) is 1.97. The van der Waals surface area contributed by atoms with Gasteiger partial charge in [-0.1, -0.05) is 0 Å². The third-order valence-corrected chi connectivity index (χ3v) is 3.18. The fourth-order valence-electron chi connectivity index (χ4n) is 2.16. The van der Waals surface area contributed by atoms with Gasteiger partial charge in [-0.2, -0.15) is 0 Å². The number of hydrogen-bond acceptors (Lipinski definition) is 3. The Morgan fingerprint density at radius 3 is 2.62 bits per heavy atom. The Bertz CT molecular complexity index is 403. The standard InChI is InChI=1S/C12H18N2O2/c1-7-8(2)16-9(3)11(7)12(15)14-10-4-5-13-6-10/h10,13H,4-6H2,1-3H3,(H,14,15). The minimum Gasteiger partial charge on any atom is -0.466 e. The van der Waals surface area contributed by atoms with Crippen molar-refractivity contribution >= 4 is 5.91 Å². The highest BCUT2D eigenvalue weighted by Crippen LogP contribution is 2.20. The molecule has 1 aromatic heterocycles. The molecule has 88 valence electrons. The van der Waals surface area contributed by atoms with E-state index in [0.29, 0.717) is 11.3 Å². The molecule has 0 aliphatic carbocycles. The first kappa shape index (κ1) is 11.2. The third-order valence-electron chi connectivity index (χ3n) is 3.18. The molecule has 0 bridgehead atoms. The van der Waals surface area contributed by atoms with E-state index in [1.54, 1.807) is 0 Å². The van der Waals surface area contributed by atoms with Gasteiger partial charge in [0.25, 0.3) is 5.91 Å². The van der Waals surface area contributed by atoms with E-state index < -0.39 is 0 Å². The Morgan fingerprint density at radius 2 is 2.12 bits per heavy atom. The molecule has 0 radical (unpaired) electrons. The number of carbonyl (C=O) groups is 1. The first-order valence-electron chi connectivity index (χ1n) is 5.67. The van der Waals surface area contributed by atoms with Crippen LogP contribution in [0, 0.1) is 20.8 Å². The lowest BCUT2D eigenvalue weighted by molar-refractivity contribution is 0.0938. The van der Waals surface area contributed by atoms with Gasteiger partial charge < -0.3 is 15.1 Å². The van der Waals surface area contributed by atoms with Crippen molar-refractivity contribution in [2.75, 3.05) is 13.1 Å². The second-order valence-electron chi connectivity index (χ2n) is 4.38. The van der Waals surface area contributed by atoms with Crippen LogP contribution in [-0.4, -0.2) is 25.0 Å². The molecule has 16 heavy (non-hydrogen) atoms. The fraction of sp³-hybridized carbons (Fsp3) is 0.583.